The van der Waals surface area contributed by atoms with Gasteiger partial charge in [-0.3, -0.25) is 4.79 Å². The monoisotopic (exact) mass is 414 g/mol. The highest BCUT2D eigenvalue weighted by molar-refractivity contribution is 9.10. The van der Waals surface area contributed by atoms with Crippen molar-refractivity contribution in [2.75, 3.05) is 13.1 Å². The van der Waals surface area contributed by atoms with Crippen molar-refractivity contribution < 1.29 is 19.4 Å². The first-order valence-corrected chi connectivity index (χ1v) is 8.90. The summed E-state index contributed by atoms with van der Waals surface area (Å²) in [6.07, 6.45) is 0.780. The molecular weight excluding hydrogens is 388 g/mol. The zero-order chi connectivity index (χ0) is 17.9. The third-order valence-electron chi connectivity index (χ3n) is 4.11. The summed E-state index contributed by atoms with van der Waals surface area (Å²) in [5.41, 5.74) is 0.435. The number of hydrogen-bond acceptors (Lipinski definition) is 4. The van der Waals surface area contributed by atoms with Crippen molar-refractivity contribution in [2.45, 2.75) is 39.2 Å². The normalized spacial score (nSPS) is 18.4. The van der Waals surface area contributed by atoms with Gasteiger partial charge in [0.25, 0.3) is 0 Å². The number of rotatable bonds is 4. The van der Waals surface area contributed by atoms with Gasteiger partial charge in [-0.15, -0.1) is 0 Å². The maximum Gasteiger partial charge on any atom is 0.410 e. The minimum absolute atomic E-state index is 0. The van der Waals surface area contributed by atoms with E-state index in [-0.39, 0.29) is 18.2 Å². The second-order valence-electron chi connectivity index (χ2n) is 7.25. The molecule has 6 nitrogen and oxygen atoms in total. The fourth-order valence-electron chi connectivity index (χ4n) is 2.98. The maximum atomic E-state index is 12.2. The van der Waals surface area contributed by atoms with Crippen molar-refractivity contribution in [1.29, 1.82) is 0 Å². The van der Waals surface area contributed by atoms with Crippen molar-refractivity contribution in [3.05, 3.63) is 34.3 Å². The molecule has 140 valence electrons. The van der Waals surface area contributed by atoms with E-state index in [0.717, 1.165) is 10.0 Å². The largest absolute Gasteiger partial charge is 0.481 e. The number of hydrogen-bond donors (Lipinski definition) is 2. The lowest BCUT2D eigenvalue weighted by molar-refractivity contribution is -0.143. The zero-order valence-electron chi connectivity index (χ0n) is 15.0. The van der Waals surface area contributed by atoms with Crippen molar-refractivity contribution >= 4 is 28.0 Å². The van der Waals surface area contributed by atoms with Gasteiger partial charge in [-0.05, 0) is 57.2 Å². The Balaban J connectivity index is 0.00000312. The minimum Gasteiger partial charge on any atom is -0.481 e. The van der Waals surface area contributed by atoms with E-state index in [2.05, 4.69) is 15.9 Å². The molecule has 0 aromatic heterocycles. The summed E-state index contributed by atoms with van der Waals surface area (Å²) < 4.78 is 6.31. The van der Waals surface area contributed by atoms with Crippen LogP contribution >= 0.6 is 15.9 Å². The van der Waals surface area contributed by atoms with Gasteiger partial charge in [0.2, 0.25) is 0 Å². The predicted octanol–water partition coefficient (Wildman–Crippen LogP) is 4.11. The highest BCUT2D eigenvalue weighted by Gasteiger charge is 2.37. The lowest BCUT2D eigenvalue weighted by atomic mass is 9.86. The Morgan fingerprint density at radius 2 is 2.08 bits per heavy atom. The zero-order valence-corrected chi connectivity index (χ0v) is 16.6. The maximum absolute atomic E-state index is 12.2. The second kappa shape index (κ2) is 8.67. The van der Waals surface area contributed by atoms with Crippen LogP contribution in [0.25, 0.3) is 0 Å². The SMILES string of the molecule is CC(C)(C)OC(=O)N1CC[C@H](C(Cc2cccc(Br)c2)C(=O)O)C1.N. The van der Waals surface area contributed by atoms with E-state index in [1.165, 1.54) is 0 Å². The quantitative estimate of drug-likeness (QED) is 0.771. The highest BCUT2D eigenvalue weighted by Crippen LogP contribution is 2.29. The average Bonchev–Trinajstić information content (AvgIpc) is 2.92. The molecule has 0 aliphatic carbocycles. The molecule has 1 aliphatic rings. The fraction of sp³-hybridized carbons (Fsp3) is 0.556. The lowest BCUT2D eigenvalue weighted by Crippen LogP contribution is -2.36. The van der Waals surface area contributed by atoms with Gasteiger partial charge in [0, 0.05) is 17.6 Å². The molecule has 2 rings (SSSR count). The van der Waals surface area contributed by atoms with E-state index in [9.17, 15) is 14.7 Å². The molecule has 1 aromatic carbocycles. The Kier molecular flexibility index (Phi) is 7.44. The van der Waals surface area contributed by atoms with Crippen molar-refractivity contribution in [3.63, 3.8) is 0 Å². The van der Waals surface area contributed by atoms with Crippen molar-refractivity contribution in [1.82, 2.24) is 11.1 Å². The van der Waals surface area contributed by atoms with Crippen LogP contribution in [-0.4, -0.2) is 40.8 Å². The Hall–Kier alpha value is -1.60. The van der Waals surface area contributed by atoms with Gasteiger partial charge in [-0.25, -0.2) is 4.79 Å². The molecule has 1 heterocycles. The molecule has 1 saturated heterocycles. The molecule has 0 saturated carbocycles. The fourth-order valence-corrected chi connectivity index (χ4v) is 3.43. The summed E-state index contributed by atoms with van der Waals surface area (Å²) in [6.45, 7) is 6.45. The van der Waals surface area contributed by atoms with Gasteiger partial charge in [0.15, 0.2) is 0 Å². The van der Waals surface area contributed by atoms with Gasteiger partial charge in [-0.1, -0.05) is 28.1 Å². The van der Waals surface area contributed by atoms with E-state index in [1.807, 2.05) is 45.0 Å². The Morgan fingerprint density at radius 3 is 2.64 bits per heavy atom. The van der Waals surface area contributed by atoms with Gasteiger partial charge in [-0.2, -0.15) is 0 Å². The number of carboxylic acids is 1. The van der Waals surface area contributed by atoms with Crippen LogP contribution in [0.3, 0.4) is 0 Å². The third-order valence-corrected chi connectivity index (χ3v) is 4.60. The number of nitrogens with zero attached hydrogens (tertiary/aromatic N) is 1. The number of carbonyl (C=O) groups excluding carboxylic acids is 1. The van der Waals surface area contributed by atoms with Crippen LogP contribution in [0, 0.1) is 11.8 Å². The number of benzene rings is 1. The smallest absolute Gasteiger partial charge is 0.410 e. The molecule has 25 heavy (non-hydrogen) atoms. The minimum atomic E-state index is -0.814. The molecule has 0 spiro atoms. The van der Waals surface area contributed by atoms with Crippen LogP contribution in [0.2, 0.25) is 0 Å². The van der Waals surface area contributed by atoms with Crippen LogP contribution in [0.1, 0.15) is 32.8 Å². The number of aliphatic carboxylic acids is 1. The predicted molar refractivity (Wildman–Crippen MR) is 99.9 cm³/mol. The van der Waals surface area contributed by atoms with Crippen LogP contribution < -0.4 is 6.15 Å². The first kappa shape index (κ1) is 21.4. The standard InChI is InChI=1S/C18H24BrNO4.H3N/c1-18(2,3)24-17(23)20-8-7-13(11-20)15(16(21)22)10-12-5-4-6-14(19)9-12;/h4-6,9,13,15H,7-8,10-11H2,1-3H3,(H,21,22);1H3/t13-,15?;/m0./s1. The van der Waals surface area contributed by atoms with Gasteiger partial charge >= 0.3 is 12.1 Å². The van der Waals surface area contributed by atoms with Crippen molar-refractivity contribution in [2.24, 2.45) is 11.8 Å². The van der Waals surface area contributed by atoms with Crippen molar-refractivity contribution in [3.8, 4) is 0 Å². The summed E-state index contributed by atoms with van der Waals surface area (Å²) in [6, 6.07) is 7.69. The molecule has 1 amide bonds. The molecule has 1 aliphatic heterocycles. The first-order chi connectivity index (χ1) is 11.2. The highest BCUT2D eigenvalue weighted by atomic mass is 79.9. The number of amides is 1. The Labute approximate surface area is 157 Å². The molecule has 4 N–H and O–H groups in total. The first-order valence-electron chi connectivity index (χ1n) is 8.11. The number of ether oxygens (including phenoxy) is 1. The number of likely N-dealkylation sites (tertiary alicyclic amines) is 1. The topological polar surface area (TPSA) is 102 Å². The average molecular weight is 415 g/mol. The summed E-state index contributed by atoms with van der Waals surface area (Å²) in [5.74, 6) is -1.38. The lowest BCUT2D eigenvalue weighted by Gasteiger charge is -2.25. The summed E-state index contributed by atoms with van der Waals surface area (Å²) in [7, 11) is 0. The Morgan fingerprint density at radius 1 is 1.40 bits per heavy atom. The van der Waals surface area contributed by atoms with Crippen LogP contribution in [-0.2, 0) is 16.0 Å². The number of carbonyl (C=O) groups is 2. The molecule has 0 bridgehead atoms. The summed E-state index contributed by atoms with van der Waals surface area (Å²) >= 11 is 3.41. The van der Waals surface area contributed by atoms with E-state index < -0.39 is 17.5 Å². The molecule has 0 radical (unpaired) electrons. The van der Waals surface area contributed by atoms with Gasteiger partial charge < -0.3 is 20.9 Å². The van der Waals surface area contributed by atoms with E-state index in [0.29, 0.717) is 25.9 Å². The third kappa shape index (κ3) is 6.32. The molecule has 1 aromatic rings. The summed E-state index contributed by atoms with van der Waals surface area (Å²) in [5, 5.41) is 9.63. The van der Waals surface area contributed by atoms with E-state index >= 15 is 0 Å². The number of carboxylic acid groups (broad SMARTS) is 1. The van der Waals surface area contributed by atoms with Crippen LogP contribution in [0.5, 0.6) is 0 Å². The van der Waals surface area contributed by atoms with Crippen LogP contribution in [0.15, 0.2) is 28.7 Å². The second-order valence-corrected chi connectivity index (χ2v) is 8.17. The molecule has 1 fully saturated rings. The number of halogens is 1. The molecule has 1 unspecified atom stereocenters. The van der Waals surface area contributed by atoms with Gasteiger partial charge in [0.05, 0.1) is 5.92 Å². The Bertz CT molecular complexity index is 615. The summed E-state index contributed by atoms with van der Waals surface area (Å²) in [4.78, 5) is 25.5. The van der Waals surface area contributed by atoms with E-state index in [4.69, 9.17) is 4.74 Å². The van der Waals surface area contributed by atoms with E-state index in [1.54, 1.807) is 4.90 Å². The van der Waals surface area contributed by atoms with Crippen LogP contribution in [0.4, 0.5) is 4.79 Å². The molecule has 7 heteroatoms. The van der Waals surface area contributed by atoms with Gasteiger partial charge in [0.1, 0.15) is 5.60 Å². The molecule has 2 atom stereocenters. The molecular formula is C18H27BrN2O4.